The number of hydrogen-bond donors (Lipinski definition) is 1. The summed E-state index contributed by atoms with van der Waals surface area (Å²) in [6.07, 6.45) is 7.06. The van der Waals surface area contributed by atoms with E-state index in [4.69, 9.17) is 11.2 Å². The first kappa shape index (κ1) is 13.4. The predicted molar refractivity (Wildman–Crippen MR) is 91.2 cm³/mol. The highest BCUT2D eigenvalue weighted by atomic mass is 16.5. The molecule has 2 aromatic heterocycles. The largest absolute Gasteiger partial charge is 0.480 e. The van der Waals surface area contributed by atoms with E-state index in [1.807, 2.05) is 36.4 Å². The summed E-state index contributed by atoms with van der Waals surface area (Å²) in [5, 5.41) is 2.21. The number of nitrogens with zero attached hydrogens (tertiary/aromatic N) is 2. The van der Waals surface area contributed by atoms with Crippen molar-refractivity contribution < 1.29 is 4.74 Å². The molecule has 0 saturated heterocycles. The van der Waals surface area contributed by atoms with Crippen LogP contribution in [-0.4, -0.2) is 21.6 Å². The van der Waals surface area contributed by atoms with Gasteiger partial charge in [0.25, 0.3) is 0 Å². The number of benzene rings is 2. The molecule has 1 N–H and O–H groups in total. The smallest absolute Gasteiger partial charge is 0.178 e. The van der Waals surface area contributed by atoms with Crippen molar-refractivity contribution >= 4 is 21.9 Å². The van der Waals surface area contributed by atoms with Gasteiger partial charge < -0.3 is 9.72 Å². The van der Waals surface area contributed by atoms with Crippen molar-refractivity contribution in [2.75, 3.05) is 6.61 Å². The van der Waals surface area contributed by atoms with E-state index in [2.05, 4.69) is 33.0 Å². The number of nitrogens with one attached hydrogen (secondary N) is 1. The minimum atomic E-state index is 0.212. The standard InChI is InChI=1S/C19H13N3O/c1-2-10-23-17-12-14-7-4-3-6-13(14)11-15(17)18-21-16-8-5-9-20-19(16)22-18/h1,3-9,11-12H,10H2,(H,20,21,22). The highest BCUT2D eigenvalue weighted by Gasteiger charge is 2.13. The molecule has 4 aromatic rings. The Morgan fingerprint density at radius 3 is 2.70 bits per heavy atom. The average Bonchev–Trinajstić information content (AvgIpc) is 3.03. The van der Waals surface area contributed by atoms with Crippen molar-refractivity contribution in [1.29, 1.82) is 0 Å². The fourth-order valence-electron chi connectivity index (χ4n) is 2.62. The molecule has 0 aliphatic rings. The van der Waals surface area contributed by atoms with Crippen LogP contribution >= 0.6 is 0 Å². The van der Waals surface area contributed by atoms with Gasteiger partial charge >= 0.3 is 0 Å². The molecule has 0 saturated carbocycles. The first-order chi connectivity index (χ1) is 11.3. The van der Waals surface area contributed by atoms with Crippen LogP contribution in [-0.2, 0) is 0 Å². The zero-order valence-corrected chi connectivity index (χ0v) is 12.3. The lowest BCUT2D eigenvalue weighted by molar-refractivity contribution is 0.372. The summed E-state index contributed by atoms with van der Waals surface area (Å²) in [6, 6.07) is 16.0. The molecular formula is C19H13N3O. The van der Waals surface area contributed by atoms with E-state index in [-0.39, 0.29) is 6.61 Å². The van der Waals surface area contributed by atoms with Crippen LogP contribution in [0, 0.1) is 12.3 Å². The van der Waals surface area contributed by atoms with Crippen molar-refractivity contribution in [1.82, 2.24) is 15.0 Å². The molecular weight excluding hydrogens is 286 g/mol. The van der Waals surface area contributed by atoms with E-state index >= 15 is 0 Å². The molecule has 0 unspecified atom stereocenters. The second kappa shape index (κ2) is 5.47. The summed E-state index contributed by atoms with van der Waals surface area (Å²) < 4.78 is 5.73. The minimum absolute atomic E-state index is 0.212. The zero-order valence-electron chi connectivity index (χ0n) is 12.3. The Morgan fingerprint density at radius 2 is 1.91 bits per heavy atom. The molecule has 4 nitrogen and oxygen atoms in total. The first-order valence-corrected chi connectivity index (χ1v) is 7.25. The Morgan fingerprint density at radius 1 is 1.09 bits per heavy atom. The molecule has 23 heavy (non-hydrogen) atoms. The molecule has 0 fully saturated rings. The van der Waals surface area contributed by atoms with Crippen molar-refractivity contribution in [3.8, 4) is 29.5 Å². The van der Waals surface area contributed by atoms with Crippen LogP contribution in [0.5, 0.6) is 5.75 Å². The van der Waals surface area contributed by atoms with Gasteiger partial charge in [-0.1, -0.05) is 30.2 Å². The van der Waals surface area contributed by atoms with Gasteiger partial charge in [0.2, 0.25) is 0 Å². The summed E-state index contributed by atoms with van der Waals surface area (Å²) in [4.78, 5) is 12.1. The molecule has 0 bridgehead atoms. The molecule has 0 atom stereocenters. The van der Waals surface area contributed by atoms with Crippen LogP contribution in [0.4, 0.5) is 0 Å². The third-order valence-corrected chi connectivity index (χ3v) is 3.67. The lowest BCUT2D eigenvalue weighted by Gasteiger charge is -2.10. The van der Waals surface area contributed by atoms with Gasteiger partial charge in [0.1, 0.15) is 18.2 Å². The SMILES string of the molecule is C#CCOc1cc2ccccc2cc1-c1nc2ncccc2[nH]1. The van der Waals surface area contributed by atoms with Gasteiger partial charge in [0, 0.05) is 6.20 Å². The maximum absolute atomic E-state index is 5.73. The molecule has 0 aliphatic heterocycles. The van der Waals surface area contributed by atoms with Gasteiger partial charge in [0.15, 0.2) is 5.65 Å². The first-order valence-electron chi connectivity index (χ1n) is 7.25. The van der Waals surface area contributed by atoms with Crippen molar-refractivity contribution in [3.63, 3.8) is 0 Å². The summed E-state index contributed by atoms with van der Waals surface area (Å²) in [5.74, 6) is 3.93. The average molecular weight is 299 g/mol. The van der Waals surface area contributed by atoms with Crippen LogP contribution < -0.4 is 4.74 Å². The van der Waals surface area contributed by atoms with Crippen LogP contribution in [0.3, 0.4) is 0 Å². The Bertz CT molecular complexity index is 1010. The van der Waals surface area contributed by atoms with Gasteiger partial charge in [-0.2, -0.15) is 0 Å². The van der Waals surface area contributed by atoms with Crippen LogP contribution in [0.1, 0.15) is 0 Å². The number of rotatable bonds is 3. The van der Waals surface area contributed by atoms with E-state index in [0.717, 1.165) is 27.7 Å². The summed E-state index contributed by atoms with van der Waals surface area (Å²) in [6.45, 7) is 0.212. The fraction of sp³-hybridized carbons (Fsp3) is 0.0526. The number of hydrogen-bond acceptors (Lipinski definition) is 3. The lowest BCUT2D eigenvalue weighted by Crippen LogP contribution is -1.96. The highest BCUT2D eigenvalue weighted by molar-refractivity contribution is 5.90. The van der Waals surface area contributed by atoms with Gasteiger partial charge in [-0.3, -0.25) is 0 Å². The van der Waals surface area contributed by atoms with Crippen molar-refractivity contribution in [3.05, 3.63) is 54.7 Å². The molecule has 0 spiro atoms. The summed E-state index contributed by atoms with van der Waals surface area (Å²) in [7, 11) is 0. The number of H-pyrrole nitrogens is 1. The number of pyridine rings is 1. The number of fused-ring (bicyclic) bond motifs is 2. The van der Waals surface area contributed by atoms with Gasteiger partial charge in [-0.05, 0) is 35.0 Å². The van der Waals surface area contributed by atoms with E-state index in [9.17, 15) is 0 Å². The van der Waals surface area contributed by atoms with Gasteiger partial charge in [-0.25, -0.2) is 9.97 Å². The lowest BCUT2D eigenvalue weighted by atomic mass is 10.1. The van der Waals surface area contributed by atoms with E-state index in [1.165, 1.54) is 0 Å². The highest BCUT2D eigenvalue weighted by Crippen LogP contribution is 2.33. The minimum Gasteiger partial charge on any atom is -0.480 e. The number of imidazole rings is 1. The maximum Gasteiger partial charge on any atom is 0.178 e. The second-order valence-corrected chi connectivity index (χ2v) is 5.15. The Hall–Kier alpha value is -3.32. The van der Waals surface area contributed by atoms with Gasteiger partial charge in [-0.15, -0.1) is 6.42 Å². The quantitative estimate of drug-likeness (QED) is 0.586. The van der Waals surface area contributed by atoms with Crippen LogP contribution in [0.25, 0.3) is 33.3 Å². The molecule has 0 aliphatic carbocycles. The summed E-state index contributed by atoms with van der Waals surface area (Å²) in [5.41, 5.74) is 2.44. The predicted octanol–water partition coefficient (Wildman–Crippen LogP) is 3.79. The molecule has 110 valence electrons. The fourth-order valence-corrected chi connectivity index (χ4v) is 2.62. The third-order valence-electron chi connectivity index (χ3n) is 3.67. The van der Waals surface area contributed by atoms with Crippen LogP contribution in [0.15, 0.2) is 54.7 Å². The Labute approximate surface area is 133 Å². The monoisotopic (exact) mass is 299 g/mol. The Kier molecular flexibility index (Phi) is 3.17. The topological polar surface area (TPSA) is 50.8 Å². The number of aromatic amines is 1. The maximum atomic E-state index is 5.73. The van der Waals surface area contributed by atoms with Crippen molar-refractivity contribution in [2.24, 2.45) is 0 Å². The molecule has 0 amide bonds. The number of ether oxygens (including phenoxy) is 1. The third kappa shape index (κ3) is 2.39. The van der Waals surface area contributed by atoms with Crippen LogP contribution in [0.2, 0.25) is 0 Å². The number of terminal acetylenes is 1. The molecule has 4 heteroatoms. The molecule has 2 aromatic carbocycles. The Balaban J connectivity index is 1.94. The number of aromatic nitrogens is 3. The molecule has 0 radical (unpaired) electrons. The second-order valence-electron chi connectivity index (χ2n) is 5.15. The molecule has 4 rings (SSSR count). The van der Waals surface area contributed by atoms with E-state index in [1.54, 1.807) is 6.20 Å². The van der Waals surface area contributed by atoms with Gasteiger partial charge in [0.05, 0.1) is 11.1 Å². The zero-order chi connectivity index (χ0) is 15.6. The van der Waals surface area contributed by atoms with E-state index < -0.39 is 0 Å². The molecule has 2 heterocycles. The normalized spacial score (nSPS) is 10.7. The van der Waals surface area contributed by atoms with Crippen molar-refractivity contribution in [2.45, 2.75) is 0 Å². The summed E-state index contributed by atoms with van der Waals surface area (Å²) >= 11 is 0. The van der Waals surface area contributed by atoms with E-state index in [0.29, 0.717) is 11.4 Å².